The van der Waals surface area contributed by atoms with E-state index in [-0.39, 0.29) is 16.9 Å². The lowest BCUT2D eigenvalue weighted by Crippen LogP contribution is -2.32. The minimum atomic E-state index is -0.283. The third-order valence-electron chi connectivity index (χ3n) is 2.02. The van der Waals surface area contributed by atoms with Gasteiger partial charge in [-0.1, -0.05) is 6.08 Å². The van der Waals surface area contributed by atoms with Gasteiger partial charge in [0, 0.05) is 18.3 Å². The van der Waals surface area contributed by atoms with Gasteiger partial charge < -0.3 is 10.6 Å². The largest absolute Gasteiger partial charge is 0.332 e. The molecule has 0 aromatic heterocycles. The number of benzene rings is 1. The van der Waals surface area contributed by atoms with E-state index in [1.54, 1.807) is 37.3 Å². The van der Waals surface area contributed by atoms with Crippen LogP contribution in [0.25, 0.3) is 0 Å². The highest BCUT2D eigenvalue weighted by molar-refractivity contribution is 7.80. The van der Waals surface area contributed by atoms with E-state index in [4.69, 9.17) is 12.2 Å². The zero-order chi connectivity index (χ0) is 14.3. The van der Waals surface area contributed by atoms with E-state index in [1.807, 2.05) is 0 Å². The molecule has 0 unspecified atom stereocenters. The van der Waals surface area contributed by atoms with Crippen LogP contribution in [0.15, 0.2) is 36.4 Å². The van der Waals surface area contributed by atoms with E-state index in [9.17, 15) is 9.59 Å². The molecule has 0 aliphatic heterocycles. The smallest absolute Gasteiger partial charge is 0.249 e. The molecule has 0 radical (unpaired) electrons. The third-order valence-corrected chi connectivity index (χ3v) is 2.22. The molecule has 5 nitrogen and oxygen atoms in total. The fraction of sp³-hybridized carbons (Fsp3) is 0.154. The Bertz CT molecular complexity index is 509. The molecule has 0 fully saturated rings. The Balaban J connectivity index is 2.55. The molecule has 0 spiro atoms. The molecule has 0 saturated heterocycles. The lowest BCUT2D eigenvalue weighted by molar-refractivity contribution is -0.115. The number of nitrogens with one attached hydrogen (secondary N) is 3. The number of amides is 2. The predicted octanol–water partition coefficient (Wildman–Crippen LogP) is 2.03. The van der Waals surface area contributed by atoms with Crippen LogP contribution in [0.4, 0.5) is 11.4 Å². The molecular formula is C13H15N3O2S. The summed E-state index contributed by atoms with van der Waals surface area (Å²) < 4.78 is 0. The van der Waals surface area contributed by atoms with Gasteiger partial charge >= 0.3 is 0 Å². The van der Waals surface area contributed by atoms with Gasteiger partial charge in [0.25, 0.3) is 0 Å². The van der Waals surface area contributed by atoms with Gasteiger partial charge in [-0.05, 0) is 49.5 Å². The quantitative estimate of drug-likeness (QED) is 0.584. The normalized spacial score (nSPS) is 10.0. The first kappa shape index (κ1) is 14.8. The summed E-state index contributed by atoms with van der Waals surface area (Å²) in [7, 11) is 0. The molecule has 1 aromatic carbocycles. The second kappa shape index (κ2) is 7.27. The molecule has 0 bridgehead atoms. The van der Waals surface area contributed by atoms with E-state index < -0.39 is 0 Å². The van der Waals surface area contributed by atoms with Crippen molar-refractivity contribution in [2.45, 2.75) is 13.8 Å². The first-order valence-corrected chi connectivity index (χ1v) is 6.04. The van der Waals surface area contributed by atoms with Crippen molar-refractivity contribution >= 4 is 40.5 Å². The Morgan fingerprint density at radius 3 is 2.11 bits per heavy atom. The number of thiocarbonyl (C=S) groups is 1. The molecule has 1 aromatic rings. The van der Waals surface area contributed by atoms with Crippen LogP contribution in [0.1, 0.15) is 13.8 Å². The first-order valence-electron chi connectivity index (χ1n) is 5.63. The summed E-state index contributed by atoms with van der Waals surface area (Å²) in [6.45, 7) is 3.19. The van der Waals surface area contributed by atoms with Gasteiger partial charge in [-0.2, -0.15) is 0 Å². The number of hydrogen-bond acceptors (Lipinski definition) is 3. The Labute approximate surface area is 117 Å². The van der Waals surface area contributed by atoms with Gasteiger partial charge in [0.05, 0.1) is 0 Å². The Morgan fingerprint density at radius 1 is 1.11 bits per heavy atom. The van der Waals surface area contributed by atoms with E-state index in [0.717, 1.165) is 5.69 Å². The van der Waals surface area contributed by atoms with Crippen molar-refractivity contribution in [1.82, 2.24) is 5.32 Å². The topological polar surface area (TPSA) is 70.2 Å². The highest BCUT2D eigenvalue weighted by Gasteiger charge is 2.01. The third kappa shape index (κ3) is 5.78. The highest BCUT2D eigenvalue weighted by atomic mass is 32.1. The summed E-state index contributed by atoms with van der Waals surface area (Å²) >= 11 is 4.98. The van der Waals surface area contributed by atoms with Gasteiger partial charge in [-0.3, -0.25) is 14.9 Å². The van der Waals surface area contributed by atoms with Crippen LogP contribution in [0.2, 0.25) is 0 Å². The summed E-state index contributed by atoms with van der Waals surface area (Å²) in [6.07, 6.45) is 3.01. The minimum absolute atomic E-state index is 0.130. The minimum Gasteiger partial charge on any atom is -0.332 e. The molecule has 3 N–H and O–H groups in total. The summed E-state index contributed by atoms with van der Waals surface area (Å²) in [5.74, 6) is -0.412. The number of carbonyl (C=O) groups is 2. The van der Waals surface area contributed by atoms with Crippen molar-refractivity contribution in [1.29, 1.82) is 0 Å². The molecule has 6 heteroatoms. The van der Waals surface area contributed by atoms with Crippen LogP contribution in [0, 0.1) is 0 Å². The second-order valence-electron chi connectivity index (χ2n) is 3.70. The lowest BCUT2D eigenvalue weighted by atomic mass is 10.3. The van der Waals surface area contributed by atoms with Gasteiger partial charge in [0.2, 0.25) is 11.8 Å². The molecule has 0 aliphatic carbocycles. The zero-order valence-electron chi connectivity index (χ0n) is 10.7. The maximum absolute atomic E-state index is 11.2. The van der Waals surface area contributed by atoms with Crippen molar-refractivity contribution < 1.29 is 9.59 Å². The van der Waals surface area contributed by atoms with E-state index in [0.29, 0.717) is 5.69 Å². The molecule has 0 aliphatic rings. The van der Waals surface area contributed by atoms with Crippen LogP contribution < -0.4 is 16.0 Å². The SMILES string of the molecule is C/C=C/C(=O)NC(=S)Nc1ccc(NC(C)=O)cc1. The average molecular weight is 277 g/mol. The molecule has 100 valence electrons. The van der Waals surface area contributed by atoms with Gasteiger partial charge in [0.1, 0.15) is 0 Å². The molecule has 2 amide bonds. The van der Waals surface area contributed by atoms with Gasteiger partial charge in [-0.25, -0.2) is 0 Å². The standard InChI is InChI=1S/C13H15N3O2S/c1-3-4-12(18)16-13(19)15-11-7-5-10(6-8-11)14-9(2)17/h3-8H,1-2H3,(H,14,17)(H2,15,16,18,19)/b4-3+. The van der Waals surface area contributed by atoms with E-state index in [2.05, 4.69) is 16.0 Å². The summed E-state index contributed by atoms with van der Waals surface area (Å²) in [5.41, 5.74) is 1.42. The molecular weight excluding hydrogens is 262 g/mol. The Morgan fingerprint density at radius 2 is 1.63 bits per heavy atom. The second-order valence-corrected chi connectivity index (χ2v) is 4.11. The van der Waals surface area contributed by atoms with Crippen LogP contribution >= 0.6 is 12.2 Å². The highest BCUT2D eigenvalue weighted by Crippen LogP contribution is 2.13. The maximum atomic E-state index is 11.2. The average Bonchev–Trinajstić information content (AvgIpc) is 2.31. The van der Waals surface area contributed by atoms with Gasteiger partial charge in [0.15, 0.2) is 5.11 Å². The number of anilines is 2. The summed E-state index contributed by atoms with van der Waals surface area (Å²) in [6, 6.07) is 6.97. The number of allylic oxidation sites excluding steroid dienone is 1. The molecule has 19 heavy (non-hydrogen) atoms. The van der Waals surface area contributed by atoms with Crippen molar-refractivity contribution in [3.05, 3.63) is 36.4 Å². The van der Waals surface area contributed by atoms with E-state index >= 15 is 0 Å². The lowest BCUT2D eigenvalue weighted by Gasteiger charge is -2.09. The Kier molecular flexibility index (Phi) is 5.69. The fourth-order valence-corrected chi connectivity index (χ4v) is 1.53. The van der Waals surface area contributed by atoms with Crippen molar-refractivity contribution in [2.24, 2.45) is 0 Å². The molecule has 0 heterocycles. The van der Waals surface area contributed by atoms with Crippen molar-refractivity contribution in [3.8, 4) is 0 Å². The molecule has 0 atom stereocenters. The van der Waals surface area contributed by atoms with Crippen LogP contribution in [0.5, 0.6) is 0 Å². The molecule has 1 rings (SSSR count). The van der Waals surface area contributed by atoms with Gasteiger partial charge in [-0.15, -0.1) is 0 Å². The first-order chi connectivity index (χ1) is 9.01. The van der Waals surface area contributed by atoms with Crippen LogP contribution in [-0.2, 0) is 9.59 Å². The fourth-order valence-electron chi connectivity index (χ4n) is 1.31. The summed E-state index contributed by atoms with van der Waals surface area (Å²) in [5, 5.41) is 8.24. The maximum Gasteiger partial charge on any atom is 0.249 e. The van der Waals surface area contributed by atoms with Crippen molar-refractivity contribution in [2.75, 3.05) is 10.6 Å². The predicted molar refractivity (Wildman–Crippen MR) is 79.9 cm³/mol. The molecule has 0 saturated carbocycles. The van der Waals surface area contributed by atoms with Crippen LogP contribution in [-0.4, -0.2) is 16.9 Å². The zero-order valence-corrected chi connectivity index (χ0v) is 11.5. The summed E-state index contributed by atoms with van der Waals surface area (Å²) in [4.78, 5) is 22.1. The van der Waals surface area contributed by atoms with E-state index in [1.165, 1.54) is 13.0 Å². The number of hydrogen-bond donors (Lipinski definition) is 3. The number of carbonyl (C=O) groups excluding carboxylic acids is 2. The van der Waals surface area contributed by atoms with Crippen LogP contribution in [0.3, 0.4) is 0 Å². The monoisotopic (exact) mass is 277 g/mol. The van der Waals surface area contributed by atoms with Crippen molar-refractivity contribution in [3.63, 3.8) is 0 Å². The Hall–Kier alpha value is -2.21. The number of rotatable bonds is 3.